The number of ether oxygens (including phenoxy) is 1. The van der Waals surface area contributed by atoms with E-state index in [1.54, 1.807) is 0 Å². The lowest BCUT2D eigenvalue weighted by molar-refractivity contribution is -0.0559. The SMILES string of the molecule is CCNC(C1CCCCC1)C1(OC)CCCC1. The summed E-state index contributed by atoms with van der Waals surface area (Å²) in [6.45, 7) is 3.31. The van der Waals surface area contributed by atoms with E-state index in [9.17, 15) is 0 Å². The molecule has 0 saturated heterocycles. The van der Waals surface area contributed by atoms with Gasteiger partial charge in [-0.3, -0.25) is 0 Å². The first-order valence-corrected chi connectivity index (χ1v) is 7.61. The van der Waals surface area contributed by atoms with Crippen LogP contribution in [0.5, 0.6) is 0 Å². The molecule has 17 heavy (non-hydrogen) atoms. The molecule has 2 heteroatoms. The molecule has 1 unspecified atom stereocenters. The summed E-state index contributed by atoms with van der Waals surface area (Å²) in [5.41, 5.74) is 0.151. The second kappa shape index (κ2) is 6.19. The Hall–Kier alpha value is -0.0800. The summed E-state index contributed by atoms with van der Waals surface area (Å²) < 4.78 is 6.00. The number of hydrogen-bond donors (Lipinski definition) is 1. The van der Waals surface area contributed by atoms with Crippen LogP contribution in [0.15, 0.2) is 0 Å². The fraction of sp³-hybridized carbons (Fsp3) is 1.00. The molecular formula is C15H29NO. The van der Waals surface area contributed by atoms with Crippen LogP contribution in [0.25, 0.3) is 0 Å². The molecule has 0 amide bonds. The maximum atomic E-state index is 6.00. The smallest absolute Gasteiger partial charge is 0.0833 e. The van der Waals surface area contributed by atoms with Gasteiger partial charge in [0.2, 0.25) is 0 Å². The average Bonchev–Trinajstić information content (AvgIpc) is 2.87. The van der Waals surface area contributed by atoms with Crippen molar-refractivity contribution in [3.05, 3.63) is 0 Å². The Morgan fingerprint density at radius 1 is 1.12 bits per heavy atom. The van der Waals surface area contributed by atoms with Crippen molar-refractivity contribution < 1.29 is 4.74 Å². The van der Waals surface area contributed by atoms with Gasteiger partial charge >= 0.3 is 0 Å². The van der Waals surface area contributed by atoms with Crippen molar-refractivity contribution in [2.24, 2.45) is 5.92 Å². The van der Waals surface area contributed by atoms with E-state index >= 15 is 0 Å². The van der Waals surface area contributed by atoms with Crippen molar-refractivity contribution in [1.29, 1.82) is 0 Å². The Labute approximate surface area is 107 Å². The van der Waals surface area contributed by atoms with E-state index in [2.05, 4.69) is 12.2 Å². The van der Waals surface area contributed by atoms with Gasteiger partial charge in [-0.2, -0.15) is 0 Å². The standard InChI is InChI=1S/C15H29NO/c1-3-16-14(13-9-5-4-6-10-13)15(17-2)11-7-8-12-15/h13-14,16H,3-12H2,1-2H3. The zero-order valence-corrected chi connectivity index (χ0v) is 11.6. The fourth-order valence-electron chi connectivity index (χ4n) is 4.09. The summed E-state index contributed by atoms with van der Waals surface area (Å²) in [4.78, 5) is 0. The van der Waals surface area contributed by atoms with Gasteiger partial charge in [-0.1, -0.05) is 39.0 Å². The van der Waals surface area contributed by atoms with Crippen molar-refractivity contribution in [3.63, 3.8) is 0 Å². The average molecular weight is 239 g/mol. The Morgan fingerprint density at radius 3 is 2.29 bits per heavy atom. The van der Waals surface area contributed by atoms with E-state index < -0.39 is 0 Å². The van der Waals surface area contributed by atoms with E-state index in [-0.39, 0.29) is 5.60 Å². The molecule has 2 aliphatic rings. The molecule has 2 rings (SSSR count). The number of methoxy groups -OCH3 is 1. The first-order valence-electron chi connectivity index (χ1n) is 7.61. The van der Waals surface area contributed by atoms with Crippen LogP contribution in [-0.4, -0.2) is 25.3 Å². The lowest BCUT2D eigenvalue weighted by Crippen LogP contribution is -2.54. The van der Waals surface area contributed by atoms with Crippen LogP contribution in [0.1, 0.15) is 64.7 Å². The largest absolute Gasteiger partial charge is 0.377 e. The van der Waals surface area contributed by atoms with Crippen molar-refractivity contribution >= 4 is 0 Å². The highest BCUT2D eigenvalue weighted by molar-refractivity contribution is 5.00. The summed E-state index contributed by atoms with van der Waals surface area (Å²) in [6.07, 6.45) is 12.3. The number of rotatable bonds is 5. The monoisotopic (exact) mass is 239 g/mol. The van der Waals surface area contributed by atoms with Gasteiger partial charge in [0, 0.05) is 13.2 Å². The number of likely N-dealkylation sites (N-methyl/N-ethyl adjacent to an activating group) is 1. The molecule has 2 fully saturated rings. The van der Waals surface area contributed by atoms with Crippen LogP contribution in [0.3, 0.4) is 0 Å². The maximum absolute atomic E-state index is 6.00. The van der Waals surface area contributed by atoms with Crippen LogP contribution in [0.4, 0.5) is 0 Å². The predicted molar refractivity (Wildman–Crippen MR) is 72.2 cm³/mol. The van der Waals surface area contributed by atoms with Crippen LogP contribution in [0, 0.1) is 5.92 Å². The first kappa shape index (κ1) is 13.4. The highest BCUT2D eigenvalue weighted by atomic mass is 16.5. The van der Waals surface area contributed by atoms with Crippen molar-refractivity contribution in [2.75, 3.05) is 13.7 Å². The molecule has 0 spiro atoms. The molecule has 0 aliphatic heterocycles. The molecule has 0 heterocycles. The molecule has 1 N–H and O–H groups in total. The van der Waals surface area contributed by atoms with Crippen molar-refractivity contribution in [1.82, 2.24) is 5.32 Å². The van der Waals surface area contributed by atoms with E-state index in [4.69, 9.17) is 4.74 Å². The van der Waals surface area contributed by atoms with Gasteiger partial charge in [-0.05, 0) is 38.1 Å². The minimum absolute atomic E-state index is 0.151. The highest BCUT2D eigenvalue weighted by Gasteiger charge is 2.44. The number of hydrogen-bond acceptors (Lipinski definition) is 2. The lowest BCUT2D eigenvalue weighted by atomic mass is 9.75. The summed E-state index contributed by atoms with van der Waals surface area (Å²) in [5.74, 6) is 0.849. The third kappa shape index (κ3) is 2.85. The minimum atomic E-state index is 0.151. The van der Waals surface area contributed by atoms with E-state index in [1.165, 1.54) is 57.8 Å². The molecular weight excluding hydrogens is 210 g/mol. The highest BCUT2D eigenvalue weighted by Crippen LogP contribution is 2.41. The second-order valence-corrected chi connectivity index (χ2v) is 5.91. The maximum Gasteiger partial charge on any atom is 0.0833 e. The van der Waals surface area contributed by atoms with Gasteiger partial charge in [0.15, 0.2) is 0 Å². The van der Waals surface area contributed by atoms with E-state index in [1.807, 2.05) is 7.11 Å². The molecule has 2 aliphatic carbocycles. The summed E-state index contributed by atoms with van der Waals surface area (Å²) in [6, 6.07) is 0.597. The molecule has 0 radical (unpaired) electrons. The van der Waals surface area contributed by atoms with Crippen molar-refractivity contribution in [3.8, 4) is 0 Å². The molecule has 0 aromatic heterocycles. The minimum Gasteiger partial charge on any atom is -0.377 e. The van der Waals surface area contributed by atoms with Crippen molar-refractivity contribution in [2.45, 2.75) is 76.4 Å². The van der Waals surface area contributed by atoms with Gasteiger partial charge < -0.3 is 10.1 Å². The quantitative estimate of drug-likeness (QED) is 0.793. The summed E-state index contributed by atoms with van der Waals surface area (Å²) >= 11 is 0. The van der Waals surface area contributed by atoms with Crippen LogP contribution >= 0.6 is 0 Å². The Morgan fingerprint density at radius 2 is 1.76 bits per heavy atom. The Kier molecular flexibility index (Phi) is 4.87. The van der Waals surface area contributed by atoms with Crippen LogP contribution in [-0.2, 0) is 4.74 Å². The molecule has 0 aromatic rings. The van der Waals surface area contributed by atoms with E-state index in [0.717, 1.165) is 12.5 Å². The van der Waals surface area contributed by atoms with Gasteiger partial charge in [0.25, 0.3) is 0 Å². The molecule has 0 aromatic carbocycles. The molecule has 2 nitrogen and oxygen atoms in total. The zero-order valence-electron chi connectivity index (χ0n) is 11.6. The second-order valence-electron chi connectivity index (χ2n) is 5.91. The van der Waals surface area contributed by atoms with Crippen LogP contribution in [0.2, 0.25) is 0 Å². The zero-order chi connectivity index (χ0) is 12.1. The topological polar surface area (TPSA) is 21.3 Å². The third-order valence-corrected chi connectivity index (χ3v) is 4.97. The molecule has 100 valence electrons. The third-order valence-electron chi connectivity index (χ3n) is 4.97. The van der Waals surface area contributed by atoms with Gasteiger partial charge in [-0.25, -0.2) is 0 Å². The normalized spacial score (nSPS) is 27.2. The van der Waals surface area contributed by atoms with Gasteiger partial charge in [0.1, 0.15) is 0 Å². The van der Waals surface area contributed by atoms with E-state index in [0.29, 0.717) is 6.04 Å². The molecule has 1 atom stereocenters. The summed E-state index contributed by atoms with van der Waals surface area (Å²) in [5, 5.41) is 3.76. The first-order chi connectivity index (χ1) is 8.32. The lowest BCUT2D eigenvalue weighted by Gasteiger charge is -2.43. The Balaban J connectivity index is 2.08. The fourth-order valence-corrected chi connectivity index (χ4v) is 4.09. The molecule has 0 bridgehead atoms. The van der Waals surface area contributed by atoms with Crippen LogP contribution < -0.4 is 5.32 Å². The predicted octanol–water partition coefficient (Wildman–Crippen LogP) is 3.50. The van der Waals surface area contributed by atoms with Gasteiger partial charge in [0.05, 0.1) is 5.60 Å². The van der Waals surface area contributed by atoms with Gasteiger partial charge in [-0.15, -0.1) is 0 Å². The molecule has 2 saturated carbocycles. The Bertz CT molecular complexity index is 217. The number of nitrogens with one attached hydrogen (secondary N) is 1. The summed E-state index contributed by atoms with van der Waals surface area (Å²) in [7, 11) is 1.93.